The minimum absolute atomic E-state index is 0.00126. The second-order valence-corrected chi connectivity index (χ2v) is 7.26. The molecular weight excluding hydrogens is 350 g/mol. The quantitative estimate of drug-likeness (QED) is 0.826. The van der Waals surface area contributed by atoms with Gasteiger partial charge in [-0.2, -0.15) is 0 Å². The molecule has 2 amide bonds. The Balaban J connectivity index is 1.56. The maximum absolute atomic E-state index is 13.1. The summed E-state index contributed by atoms with van der Waals surface area (Å²) in [6.45, 7) is 1.06. The minimum atomic E-state index is -0.342. The summed E-state index contributed by atoms with van der Waals surface area (Å²) in [5.41, 5.74) is 9.50. The smallest absolute Gasteiger partial charge is 0.232 e. The molecule has 2 heterocycles. The lowest BCUT2D eigenvalue weighted by Crippen LogP contribution is -2.40. The van der Waals surface area contributed by atoms with Crippen molar-refractivity contribution in [2.45, 2.75) is 19.3 Å². The van der Waals surface area contributed by atoms with Crippen LogP contribution < -0.4 is 15.5 Å². The van der Waals surface area contributed by atoms with Gasteiger partial charge >= 0.3 is 0 Å². The average molecular weight is 370 g/mol. The summed E-state index contributed by atoms with van der Waals surface area (Å²) in [6, 6.07) is 12.8. The Kier molecular flexibility index (Phi) is 4.32. The number of hydrogen-bond donors (Lipinski definition) is 1. The molecule has 2 aromatic rings. The van der Waals surface area contributed by atoms with Crippen LogP contribution in [0.2, 0.25) is 5.02 Å². The Morgan fingerprint density at radius 1 is 1.15 bits per heavy atom. The molecule has 1 fully saturated rings. The van der Waals surface area contributed by atoms with E-state index in [-0.39, 0.29) is 24.2 Å². The molecule has 1 atom stereocenters. The first-order valence-electron chi connectivity index (χ1n) is 8.79. The highest BCUT2D eigenvalue weighted by atomic mass is 35.5. The Bertz CT molecular complexity index is 866. The monoisotopic (exact) mass is 369 g/mol. The van der Waals surface area contributed by atoms with Gasteiger partial charge in [-0.3, -0.25) is 9.59 Å². The van der Waals surface area contributed by atoms with Gasteiger partial charge in [-0.15, -0.1) is 0 Å². The maximum Gasteiger partial charge on any atom is 0.232 e. The Morgan fingerprint density at radius 2 is 1.92 bits per heavy atom. The zero-order valence-electron chi connectivity index (χ0n) is 14.3. The van der Waals surface area contributed by atoms with E-state index in [9.17, 15) is 9.59 Å². The lowest BCUT2D eigenvalue weighted by molar-refractivity contribution is -0.124. The van der Waals surface area contributed by atoms with Crippen molar-refractivity contribution >= 4 is 40.5 Å². The second-order valence-electron chi connectivity index (χ2n) is 6.82. The van der Waals surface area contributed by atoms with Gasteiger partial charge < -0.3 is 15.5 Å². The van der Waals surface area contributed by atoms with Gasteiger partial charge in [0.25, 0.3) is 0 Å². The van der Waals surface area contributed by atoms with E-state index in [1.165, 1.54) is 0 Å². The molecule has 0 saturated carbocycles. The van der Waals surface area contributed by atoms with Crippen LogP contribution in [0.4, 0.5) is 17.1 Å². The number of rotatable bonds is 2. The molecule has 1 saturated heterocycles. The van der Waals surface area contributed by atoms with Gasteiger partial charge in [0.2, 0.25) is 11.8 Å². The summed E-state index contributed by atoms with van der Waals surface area (Å²) in [5, 5.41) is 0.621. The fourth-order valence-electron chi connectivity index (χ4n) is 3.84. The van der Waals surface area contributed by atoms with Gasteiger partial charge in [-0.05, 0) is 54.8 Å². The van der Waals surface area contributed by atoms with Gasteiger partial charge in [0.15, 0.2) is 0 Å². The van der Waals surface area contributed by atoms with E-state index in [1.807, 2.05) is 30.3 Å². The largest absolute Gasteiger partial charge is 0.398 e. The summed E-state index contributed by atoms with van der Waals surface area (Å²) < 4.78 is 0. The van der Waals surface area contributed by atoms with E-state index in [0.29, 0.717) is 18.1 Å². The molecule has 0 spiro atoms. The number of nitrogens with two attached hydrogens (primary N) is 1. The van der Waals surface area contributed by atoms with Gasteiger partial charge in [-0.1, -0.05) is 17.7 Å². The molecule has 2 aliphatic heterocycles. The van der Waals surface area contributed by atoms with Crippen molar-refractivity contribution in [3.05, 3.63) is 53.1 Å². The fraction of sp³-hybridized carbons (Fsp3) is 0.300. The normalized spacial score (nSPS) is 19.6. The molecule has 6 heteroatoms. The van der Waals surface area contributed by atoms with E-state index in [1.54, 1.807) is 21.9 Å². The van der Waals surface area contributed by atoms with E-state index in [2.05, 4.69) is 0 Å². The molecule has 2 aliphatic rings. The summed E-state index contributed by atoms with van der Waals surface area (Å²) in [6.07, 6.45) is 2.00. The zero-order chi connectivity index (χ0) is 18.3. The first-order chi connectivity index (χ1) is 12.5. The van der Waals surface area contributed by atoms with Gasteiger partial charge in [0.05, 0.1) is 5.92 Å². The molecule has 5 nitrogen and oxygen atoms in total. The standard InChI is InChI=1S/C20H20ClN3O2/c21-14-6-8-15(9-7-14)24-12-13(11-19(24)25)20(26)23-10-2-3-16-17(22)4-1-5-18(16)23/h1,4-9,13H,2-3,10-12,22H2. The third-order valence-corrected chi connectivity index (χ3v) is 5.42. The topological polar surface area (TPSA) is 66.6 Å². The molecule has 134 valence electrons. The van der Waals surface area contributed by atoms with Crippen molar-refractivity contribution in [1.29, 1.82) is 0 Å². The highest BCUT2D eigenvalue weighted by Crippen LogP contribution is 2.34. The number of fused-ring (bicyclic) bond motifs is 1. The number of halogens is 1. The van der Waals surface area contributed by atoms with Crippen LogP contribution in [0.3, 0.4) is 0 Å². The highest BCUT2D eigenvalue weighted by molar-refractivity contribution is 6.30. The Labute approximate surface area is 157 Å². The number of anilines is 3. The molecule has 0 bridgehead atoms. The molecule has 2 N–H and O–H groups in total. The molecule has 2 aromatic carbocycles. The lowest BCUT2D eigenvalue weighted by atomic mass is 9.97. The van der Waals surface area contributed by atoms with Crippen LogP contribution in [0.25, 0.3) is 0 Å². The van der Waals surface area contributed by atoms with Gasteiger partial charge in [-0.25, -0.2) is 0 Å². The Hall–Kier alpha value is -2.53. The third-order valence-electron chi connectivity index (χ3n) is 5.17. The summed E-state index contributed by atoms with van der Waals surface area (Å²) in [4.78, 5) is 29.1. The number of nitrogen functional groups attached to an aromatic ring is 1. The van der Waals surface area contributed by atoms with Crippen LogP contribution in [0.1, 0.15) is 18.4 Å². The van der Waals surface area contributed by atoms with Crippen molar-refractivity contribution in [3.8, 4) is 0 Å². The second kappa shape index (κ2) is 6.65. The number of benzene rings is 2. The number of hydrogen-bond acceptors (Lipinski definition) is 3. The minimum Gasteiger partial charge on any atom is -0.398 e. The number of carbonyl (C=O) groups excluding carboxylic acids is 2. The summed E-state index contributed by atoms with van der Waals surface area (Å²) in [5.74, 6) is -0.373. The molecule has 1 unspecified atom stereocenters. The SMILES string of the molecule is Nc1cccc2c1CCCN2C(=O)C1CC(=O)N(c2ccc(Cl)cc2)C1. The van der Waals surface area contributed by atoms with Crippen LogP contribution in [-0.2, 0) is 16.0 Å². The van der Waals surface area contributed by atoms with Crippen molar-refractivity contribution < 1.29 is 9.59 Å². The van der Waals surface area contributed by atoms with Crippen molar-refractivity contribution in [2.24, 2.45) is 5.92 Å². The summed E-state index contributed by atoms with van der Waals surface area (Å²) in [7, 11) is 0. The lowest BCUT2D eigenvalue weighted by Gasteiger charge is -2.32. The van der Waals surface area contributed by atoms with Crippen LogP contribution >= 0.6 is 11.6 Å². The van der Waals surface area contributed by atoms with Crippen molar-refractivity contribution in [2.75, 3.05) is 28.6 Å². The third kappa shape index (κ3) is 2.92. The fourth-order valence-corrected chi connectivity index (χ4v) is 3.97. The van der Waals surface area contributed by atoms with Crippen LogP contribution in [0, 0.1) is 5.92 Å². The van der Waals surface area contributed by atoms with Crippen LogP contribution in [0.15, 0.2) is 42.5 Å². The van der Waals surface area contributed by atoms with Gasteiger partial charge in [0, 0.05) is 41.6 Å². The molecule has 0 radical (unpaired) electrons. The predicted molar refractivity (Wildman–Crippen MR) is 103 cm³/mol. The van der Waals surface area contributed by atoms with Crippen molar-refractivity contribution in [1.82, 2.24) is 0 Å². The Morgan fingerprint density at radius 3 is 2.69 bits per heavy atom. The van der Waals surface area contributed by atoms with Crippen LogP contribution in [-0.4, -0.2) is 24.9 Å². The molecule has 0 aliphatic carbocycles. The maximum atomic E-state index is 13.1. The first-order valence-corrected chi connectivity index (χ1v) is 9.17. The predicted octanol–water partition coefficient (Wildman–Crippen LogP) is 3.25. The van der Waals surface area contributed by atoms with E-state index >= 15 is 0 Å². The number of amides is 2. The first kappa shape index (κ1) is 16.9. The van der Waals surface area contributed by atoms with Crippen molar-refractivity contribution in [3.63, 3.8) is 0 Å². The van der Waals surface area contributed by atoms with Crippen LogP contribution in [0.5, 0.6) is 0 Å². The van der Waals surface area contributed by atoms with Gasteiger partial charge in [0.1, 0.15) is 0 Å². The zero-order valence-corrected chi connectivity index (χ0v) is 15.1. The molecule has 26 heavy (non-hydrogen) atoms. The number of nitrogens with zero attached hydrogens (tertiary/aromatic N) is 2. The molecule has 0 aromatic heterocycles. The molecular formula is C20H20ClN3O2. The summed E-state index contributed by atoms with van der Waals surface area (Å²) >= 11 is 5.92. The molecule has 4 rings (SSSR count). The van der Waals surface area contributed by atoms with E-state index in [0.717, 1.165) is 35.5 Å². The van der Waals surface area contributed by atoms with E-state index in [4.69, 9.17) is 17.3 Å². The average Bonchev–Trinajstić information content (AvgIpc) is 3.03. The number of carbonyl (C=O) groups is 2. The highest BCUT2D eigenvalue weighted by Gasteiger charge is 2.38. The van der Waals surface area contributed by atoms with E-state index < -0.39 is 0 Å².